The van der Waals surface area contributed by atoms with E-state index in [1.54, 1.807) is 7.11 Å². The van der Waals surface area contributed by atoms with Gasteiger partial charge in [0.15, 0.2) is 0 Å². The molecule has 0 unspecified atom stereocenters. The lowest BCUT2D eigenvalue weighted by Gasteiger charge is -2.04. The summed E-state index contributed by atoms with van der Waals surface area (Å²) in [6.45, 7) is 0. The van der Waals surface area contributed by atoms with Crippen molar-refractivity contribution in [3.05, 3.63) is 59.7 Å². The molecule has 0 bridgehead atoms. The third kappa shape index (κ3) is 2.67. The predicted molar refractivity (Wildman–Crippen MR) is 72.8 cm³/mol. The second kappa shape index (κ2) is 5.21. The van der Waals surface area contributed by atoms with Gasteiger partial charge in [0, 0.05) is 11.3 Å². The van der Waals surface area contributed by atoms with Crippen molar-refractivity contribution >= 4 is 17.8 Å². The SMILES string of the molecule is COc1ccccc1/C=C/c1ccccc1N. The van der Waals surface area contributed by atoms with Crippen LogP contribution in [0.5, 0.6) is 5.75 Å². The van der Waals surface area contributed by atoms with Gasteiger partial charge in [-0.1, -0.05) is 48.6 Å². The minimum Gasteiger partial charge on any atom is -0.496 e. The summed E-state index contributed by atoms with van der Waals surface area (Å²) in [4.78, 5) is 0. The Labute approximate surface area is 101 Å². The number of ether oxygens (including phenoxy) is 1. The number of anilines is 1. The molecule has 0 heterocycles. The van der Waals surface area contributed by atoms with Crippen LogP contribution in [0.3, 0.4) is 0 Å². The zero-order valence-electron chi connectivity index (χ0n) is 9.76. The molecule has 0 atom stereocenters. The summed E-state index contributed by atoms with van der Waals surface area (Å²) in [5.41, 5.74) is 8.70. The van der Waals surface area contributed by atoms with Crippen LogP contribution in [0, 0.1) is 0 Å². The van der Waals surface area contributed by atoms with Crippen LogP contribution in [-0.2, 0) is 0 Å². The van der Waals surface area contributed by atoms with Crippen LogP contribution in [0.4, 0.5) is 5.69 Å². The summed E-state index contributed by atoms with van der Waals surface area (Å²) in [6.07, 6.45) is 4.00. The standard InChI is InChI=1S/C15H15NO/c1-17-15-9-5-3-7-13(15)11-10-12-6-2-4-8-14(12)16/h2-11H,16H2,1H3/b11-10+. The maximum Gasteiger partial charge on any atom is 0.126 e. The lowest BCUT2D eigenvalue weighted by atomic mass is 10.1. The Morgan fingerprint density at radius 3 is 2.18 bits per heavy atom. The minimum atomic E-state index is 0.777. The van der Waals surface area contributed by atoms with Gasteiger partial charge in [-0.2, -0.15) is 0 Å². The van der Waals surface area contributed by atoms with Crippen molar-refractivity contribution in [3.8, 4) is 5.75 Å². The van der Waals surface area contributed by atoms with Crippen molar-refractivity contribution < 1.29 is 4.74 Å². The van der Waals surface area contributed by atoms with Gasteiger partial charge in [-0.15, -0.1) is 0 Å². The molecule has 0 aliphatic carbocycles. The van der Waals surface area contributed by atoms with Crippen LogP contribution in [-0.4, -0.2) is 7.11 Å². The fourth-order valence-electron chi connectivity index (χ4n) is 1.65. The average molecular weight is 225 g/mol. The van der Waals surface area contributed by atoms with Crippen LogP contribution in [0.2, 0.25) is 0 Å². The summed E-state index contributed by atoms with van der Waals surface area (Å²) in [5, 5.41) is 0. The van der Waals surface area contributed by atoms with E-state index in [1.807, 2.05) is 60.7 Å². The van der Waals surface area contributed by atoms with Gasteiger partial charge >= 0.3 is 0 Å². The van der Waals surface area contributed by atoms with Crippen molar-refractivity contribution in [1.29, 1.82) is 0 Å². The molecule has 0 saturated carbocycles. The highest BCUT2D eigenvalue weighted by Gasteiger charge is 1.97. The Hall–Kier alpha value is -2.22. The molecule has 2 aromatic rings. The summed E-state index contributed by atoms with van der Waals surface area (Å²) >= 11 is 0. The van der Waals surface area contributed by atoms with Crippen LogP contribution in [0.25, 0.3) is 12.2 Å². The van der Waals surface area contributed by atoms with Crippen molar-refractivity contribution in [2.45, 2.75) is 0 Å². The van der Waals surface area contributed by atoms with Gasteiger partial charge < -0.3 is 10.5 Å². The lowest BCUT2D eigenvalue weighted by molar-refractivity contribution is 0.414. The predicted octanol–water partition coefficient (Wildman–Crippen LogP) is 3.45. The van der Waals surface area contributed by atoms with Crippen molar-refractivity contribution in [2.24, 2.45) is 0 Å². The molecule has 2 rings (SSSR count). The second-order valence-corrected chi connectivity index (χ2v) is 3.70. The molecule has 0 amide bonds. The Kier molecular flexibility index (Phi) is 3.46. The Balaban J connectivity index is 2.29. The molecule has 86 valence electrons. The first-order valence-corrected chi connectivity index (χ1v) is 5.47. The number of methoxy groups -OCH3 is 1. The number of rotatable bonds is 3. The summed E-state index contributed by atoms with van der Waals surface area (Å²) < 4.78 is 5.28. The smallest absolute Gasteiger partial charge is 0.126 e. The van der Waals surface area contributed by atoms with Crippen LogP contribution >= 0.6 is 0 Å². The van der Waals surface area contributed by atoms with E-state index in [0.717, 1.165) is 22.6 Å². The second-order valence-electron chi connectivity index (χ2n) is 3.70. The highest BCUT2D eigenvalue weighted by Crippen LogP contribution is 2.21. The van der Waals surface area contributed by atoms with Gasteiger partial charge in [0.1, 0.15) is 5.75 Å². The molecule has 0 aromatic heterocycles. The maximum atomic E-state index is 5.87. The number of nitrogens with two attached hydrogens (primary N) is 1. The topological polar surface area (TPSA) is 35.2 Å². The van der Waals surface area contributed by atoms with Gasteiger partial charge in [0.25, 0.3) is 0 Å². The first-order chi connectivity index (χ1) is 8.31. The van der Waals surface area contributed by atoms with E-state index in [2.05, 4.69) is 0 Å². The van der Waals surface area contributed by atoms with Crippen LogP contribution < -0.4 is 10.5 Å². The van der Waals surface area contributed by atoms with E-state index in [9.17, 15) is 0 Å². The lowest BCUT2D eigenvalue weighted by Crippen LogP contribution is -1.88. The number of hydrogen-bond acceptors (Lipinski definition) is 2. The number of nitrogen functional groups attached to an aromatic ring is 1. The zero-order valence-corrected chi connectivity index (χ0v) is 9.76. The van der Waals surface area contributed by atoms with Gasteiger partial charge in [-0.05, 0) is 17.7 Å². The molecule has 0 radical (unpaired) electrons. The molecule has 0 fully saturated rings. The van der Waals surface area contributed by atoms with Crippen molar-refractivity contribution in [1.82, 2.24) is 0 Å². The van der Waals surface area contributed by atoms with Crippen molar-refractivity contribution in [2.75, 3.05) is 12.8 Å². The molecule has 2 aromatic carbocycles. The van der Waals surface area contributed by atoms with Gasteiger partial charge in [-0.3, -0.25) is 0 Å². The Morgan fingerprint density at radius 1 is 0.882 bits per heavy atom. The minimum absolute atomic E-state index is 0.777. The number of para-hydroxylation sites is 2. The largest absolute Gasteiger partial charge is 0.496 e. The molecule has 0 spiro atoms. The fraction of sp³-hybridized carbons (Fsp3) is 0.0667. The number of hydrogen-bond donors (Lipinski definition) is 1. The monoisotopic (exact) mass is 225 g/mol. The Morgan fingerprint density at radius 2 is 1.47 bits per heavy atom. The Bertz CT molecular complexity index is 532. The maximum absolute atomic E-state index is 5.87. The summed E-state index contributed by atoms with van der Waals surface area (Å²) in [5.74, 6) is 0.859. The summed E-state index contributed by atoms with van der Waals surface area (Å²) in [6, 6.07) is 15.7. The number of benzene rings is 2. The van der Waals surface area contributed by atoms with Crippen molar-refractivity contribution in [3.63, 3.8) is 0 Å². The fourth-order valence-corrected chi connectivity index (χ4v) is 1.65. The van der Waals surface area contributed by atoms with Gasteiger partial charge in [-0.25, -0.2) is 0 Å². The first-order valence-electron chi connectivity index (χ1n) is 5.47. The summed E-state index contributed by atoms with van der Waals surface area (Å²) in [7, 11) is 1.67. The molecule has 0 aliphatic heterocycles. The highest BCUT2D eigenvalue weighted by molar-refractivity contribution is 5.77. The highest BCUT2D eigenvalue weighted by atomic mass is 16.5. The van der Waals surface area contributed by atoms with Gasteiger partial charge in [0.2, 0.25) is 0 Å². The quantitative estimate of drug-likeness (QED) is 0.641. The van der Waals surface area contributed by atoms with Crippen LogP contribution in [0.15, 0.2) is 48.5 Å². The van der Waals surface area contributed by atoms with E-state index >= 15 is 0 Å². The first kappa shape index (κ1) is 11.3. The zero-order chi connectivity index (χ0) is 12.1. The molecule has 0 saturated heterocycles. The molecule has 2 heteroatoms. The third-order valence-corrected chi connectivity index (χ3v) is 2.58. The van der Waals surface area contributed by atoms with E-state index in [-0.39, 0.29) is 0 Å². The van der Waals surface area contributed by atoms with E-state index < -0.39 is 0 Å². The third-order valence-electron chi connectivity index (χ3n) is 2.58. The molecule has 2 N–H and O–H groups in total. The molecule has 2 nitrogen and oxygen atoms in total. The molecule has 17 heavy (non-hydrogen) atoms. The molecular formula is C15H15NO. The van der Waals surface area contributed by atoms with Crippen LogP contribution in [0.1, 0.15) is 11.1 Å². The van der Waals surface area contributed by atoms with E-state index in [1.165, 1.54) is 0 Å². The average Bonchev–Trinajstić information content (AvgIpc) is 2.38. The van der Waals surface area contributed by atoms with Gasteiger partial charge in [0.05, 0.1) is 7.11 Å². The van der Waals surface area contributed by atoms with E-state index in [0.29, 0.717) is 0 Å². The molecular weight excluding hydrogens is 210 g/mol. The van der Waals surface area contributed by atoms with E-state index in [4.69, 9.17) is 10.5 Å². The normalized spacial score (nSPS) is 10.6. The molecule has 0 aliphatic rings.